The lowest BCUT2D eigenvalue weighted by molar-refractivity contribution is 0.100. The number of halogens is 1. The highest BCUT2D eigenvalue weighted by Gasteiger charge is 2.21. The largest absolute Gasteiger partial charge is 0.375 e. The van der Waals surface area contributed by atoms with Crippen molar-refractivity contribution in [2.75, 3.05) is 11.9 Å². The molecule has 0 radical (unpaired) electrons. The molecule has 3 N–H and O–H groups in total. The van der Waals surface area contributed by atoms with Crippen molar-refractivity contribution >= 4 is 17.2 Å². The highest BCUT2D eigenvalue weighted by molar-refractivity contribution is 5.99. The van der Waals surface area contributed by atoms with Crippen molar-refractivity contribution < 1.29 is 13.9 Å². The van der Waals surface area contributed by atoms with E-state index in [1.807, 2.05) is 6.07 Å². The first-order valence-electron chi connectivity index (χ1n) is 10.3. The van der Waals surface area contributed by atoms with Crippen molar-refractivity contribution in [3.05, 3.63) is 77.0 Å². The van der Waals surface area contributed by atoms with Gasteiger partial charge in [-0.25, -0.2) is 19.3 Å². The Hall–Kier alpha value is -3.85. The standard InChI is InChI=1S/C23H21FN6O2/c24-15-5-1-4-14(10-15)11-26-21-16-7-3-9-32-13-18(16)28-22(29-21)23-27-12-19-17(20(25)31)6-2-8-30(19)23/h1-2,4-6,8,10,12H,3,7,9,11,13H2,(H2,25,31)(H,26,28,29). The molecule has 0 saturated carbocycles. The number of hydrogen-bond donors (Lipinski definition) is 2. The van der Waals surface area contributed by atoms with Crippen LogP contribution in [0, 0.1) is 5.82 Å². The van der Waals surface area contributed by atoms with Gasteiger partial charge in [-0.3, -0.25) is 9.20 Å². The van der Waals surface area contributed by atoms with E-state index in [0.717, 1.165) is 29.7 Å². The summed E-state index contributed by atoms with van der Waals surface area (Å²) < 4.78 is 21.0. The highest BCUT2D eigenvalue weighted by atomic mass is 19.1. The quantitative estimate of drug-likeness (QED) is 0.502. The van der Waals surface area contributed by atoms with Crippen molar-refractivity contribution in [1.29, 1.82) is 0 Å². The summed E-state index contributed by atoms with van der Waals surface area (Å²) in [5.74, 6) is 0.744. The summed E-state index contributed by atoms with van der Waals surface area (Å²) >= 11 is 0. The van der Waals surface area contributed by atoms with E-state index in [9.17, 15) is 9.18 Å². The Morgan fingerprint density at radius 1 is 1.25 bits per heavy atom. The summed E-state index contributed by atoms with van der Waals surface area (Å²) in [5, 5.41) is 3.34. The summed E-state index contributed by atoms with van der Waals surface area (Å²) in [5.41, 5.74) is 9.04. The molecule has 1 aliphatic heterocycles. The maximum atomic E-state index is 13.6. The number of nitrogens with one attached hydrogen (secondary N) is 1. The first-order valence-corrected chi connectivity index (χ1v) is 10.3. The van der Waals surface area contributed by atoms with Gasteiger partial charge in [0.05, 0.1) is 29.6 Å². The van der Waals surface area contributed by atoms with Crippen molar-refractivity contribution in [2.24, 2.45) is 5.73 Å². The van der Waals surface area contributed by atoms with Crippen molar-refractivity contribution in [3.8, 4) is 11.6 Å². The molecule has 0 unspecified atom stereocenters. The Balaban J connectivity index is 1.58. The van der Waals surface area contributed by atoms with Crippen molar-refractivity contribution in [2.45, 2.75) is 26.0 Å². The first-order chi connectivity index (χ1) is 15.6. The van der Waals surface area contributed by atoms with E-state index in [2.05, 4.69) is 10.3 Å². The molecule has 0 spiro atoms. The van der Waals surface area contributed by atoms with Gasteiger partial charge in [-0.1, -0.05) is 12.1 Å². The van der Waals surface area contributed by atoms with Gasteiger partial charge in [0, 0.05) is 24.9 Å². The Labute approximate surface area is 183 Å². The molecule has 1 aliphatic rings. The van der Waals surface area contributed by atoms with E-state index in [1.54, 1.807) is 35.0 Å². The van der Waals surface area contributed by atoms with Crippen LogP contribution in [0.5, 0.6) is 0 Å². The molecule has 0 saturated heterocycles. The monoisotopic (exact) mass is 432 g/mol. The van der Waals surface area contributed by atoms with Crippen LogP contribution in [0.3, 0.4) is 0 Å². The SMILES string of the molecule is NC(=O)c1cccn2c(-c3nc4c(c(NCc5cccc(F)c5)n3)CCCOC4)ncc12. The second kappa shape index (κ2) is 8.35. The summed E-state index contributed by atoms with van der Waals surface area (Å²) in [4.78, 5) is 25.7. The number of anilines is 1. The second-order valence-corrected chi connectivity index (χ2v) is 7.58. The fourth-order valence-corrected chi connectivity index (χ4v) is 3.91. The van der Waals surface area contributed by atoms with E-state index in [0.29, 0.717) is 48.3 Å². The van der Waals surface area contributed by atoms with Crippen LogP contribution in [0.4, 0.5) is 10.2 Å². The molecule has 4 aromatic rings. The molecule has 32 heavy (non-hydrogen) atoms. The Morgan fingerprint density at radius 3 is 3.00 bits per heavy atom. The van der Waals surface area contributed by atoms with Crippen LogP contribution in [-0.4, -0.2) is 31.9 Å². The molecule has 1 amide bonds. The van der Waals surface area contributed by atoms with Gasteiger partial charge in [-0.05, 0) is 42.7 Å². The molecular weight excluding hydrogens is 411 g/mol. The molecule has 162 valence electrons. The number of rotatable bonds is 5. The average Bonchev–Trinajstić information content (AvgIpc) is 3.08. The maximum Gasteiger partial charge on any atom is 0.250 e. The van der Waals surface area contributed by atoms with Gasteiger partial charge in [0.25, 0.3) is 5.91 Å². The number of primary amides is 1. The molecule has 5 rings (SSSR count). The number of carbonyl (C=O) groups excluding carboxylic acids is 1. The Bertz CT molecular complexity index is 1320. The van der Waals surface area contributed by atoms with Crippen LogP contribution in [0.25, 0.3) is 17.2 Å². The highest BCUT2D eigenvalue weighted by Crippen LogP contribution is 2.27. The van der Waals surface area contributed by atoms with Gasteiger partial charge < -0.3 is 15.8 Å². The minimum absolute atomic E-state index is 0.283. The number of imidazole rings is 1. The number of nitrogens with zero attached hydrogens (tertiary/aromatic N) is 4. The van der Waals surface area contributed by atoms with Crippen molar-refractivity contribution in [3.63, 3.8) is 0 Å². The van der Waals surface area contributed by atoms with E-state index in [4.69, 9.17) is 20.4 Å². The van der Waals surface area contributed by atoms with Gasteiger partial charge in [-0.2, -0.15) is 0 Å². The summed E-state index contributed by atoms with van der Waals surface area (Å²) in [6.07, 6.45) is 5.00. The van der Waals surface area contributed by atoms with E-state index >= 15 is 0 Å². The van der Waals surface area contributed by atoms with E-state index < -0.39 is 5.91 Å². The predicted octanol–water partition coefficient (Wildman–Crippen LogP) is 3.10. The first kappa shape index (κ1) is 20.1. The molecular formula is C23H21FN6O2. The molecule has 0 fully saturated rings. The lowest BCUT2D eigenvalue weighted by Crippen LogP contribution is -2.13. The second-order valence-electron chi connectivity index (χ2n) is 7.58. The summed E-state index contributed by atoms with van der Waals surface area (Å²) in [6.45, 7) is 1.42. The van der Waals surface area contributed by atoms with Crippen LogP contribution in [0.15, 0.2) is 48.8 Å². The normalized spacial score (nSPS) is 13.5. The molecule has 0 atom stereocenters. The number of fused-ring (bicyclic) bond motifs is 2. The molecule has 1 aromatic carbocycles. The number of hydrogen-bond acceptors (Lipinski definition) is 6. The molecule has 0 aliphatic carbocycles. The van der Waals surface area contributed by atoms with Crippen LogP contribution in [0.2, 0.25) is 0 Å². The average molecular weight is 432 g/mol. The fourth-order valence-electron chi connectivity index (χ4n) is 3.91. The number of amides is 1. The van der Waals surface area contributed by atoms with Crippen LogP contribution < -0.4 is 11.1 Å². The van der Waals surface area contributed by atoms with Crippen LogP contribution in [-0.2, 0) is 24.3 Å². The molecule has 8 nitrogen and oxygen atoms in total. The smallest absolute Gasteiger partial charge is 0.250 e. The van der Waals surface area contributed by atoms with Crippen LogP contribution in [0.1, 0.15) is 33.6 Å². The van der Waals surface area contributed by atoms with Crippen molar-refractivity contribution in [1.82, 2.24) is 19.4 Å². The van der Waals surface area contributed by atoms with Crippen LogP contribution >= 0.6 is 0 Å². The lowest BCUT2D eigenvalue weighted by atomic mass is 10.1. The fraction of sp³-hybridized carbons (Fsp3) is 0.217. The third kappa shape index (κ3) is 3.78. The molecule has 4 heterocycles. The maximum absolute atomic E-state index is 13.6. The number of aromatic nitrogens is 4. The molecule has 3 aromatic heterocycles. The van der Waals surface area contributed by atoms with Gasteiger partial charge in [-0.15, -0.1) is 0 Å². The van der Waals surface area contributed by atoms with E-state index in [-0.39, 0.29) is 5.82 Å². The minimum atomic E-state index is -0.532. The minimum Gasteiger partial charge on any atom is -0.375 e. The topological polar surface area (TPSA) is 107 Å². The third-order valence-electron chi connectivity index (χ3n) is 5.43. The summed E-state index contributed by atoms with van der Waals surface area (Å²) in [6, 6.07) is 9.82. The lowest BCUT2D eigenvalue weighted by Gasteiger charge is -2.14. The number of nitrogens with two attached hydrogens (primary N) is 1. The number of pyridine rings is 1. The van der Waals surface area contributed by atoms with E-state index in [1.165, 1.54) is 12.1 Å². The summed E-state index contributed by atoms with van der Waals surface area (Å²) in [7, 11) is 0. The molecule has 0 bridgehead atoms. The Morgan fingerprint density at radius 2 is 2.16 bits per heavy atom. The number of ether oxygens (including phenoxy) is 1. The van der Waals surface area contributed by atoms with Gasteiger partial charge in [0.1, 0.15) is 11.6 Å². The zero-order valence-corrected chi connectivity index (χ0v) is 17.2. The molecule has 9 heteroatoms. The third-order valence-corrected chi connectivity index (χ3v) is 5.43. The van der Waals surface area contributed by atoms with Gasteiger partial charge in [0.15, 0.2) is 11.6 Å². The zero-order valence-electron chi connectivity index (χ0n) is 17.2. The number of benzene rings is 1. The number of carbonyl (C=O) groups is 1. The van der Waals surface area contributed by atoms with Gasteiger partial charge >= 0.3 is 0 Å². The van der Waals surface area contributed by atoms with Gasteiger partial charge in [0.2, 0.25) is 0 Å². The zero-order chi connectivity index (χ0) is 22.1. The Kier molecular flexibility index (Phi) is 5.24. The predicted molar refractivity (Wildman–Crippen MR) is 116 cm³/mol.